The molecule has 8 nitrogen and oxygen atoms in total. The van der Waals surface area contributed by atoms with Gasteiger partial charge in [-0.15, -0.1) is 0 Å². The number of carboxylic acid groups (broad SMARTS) is 1. The number of benzene rings is 4. The van der Waals surface area contributed by atoms with Crippen LogP contribution in [0.1, 0.15) is 157 Å². The van der Waals surface area contributed by atoms with Gasteiger partial charge in [0.2, 0.25) is 0 Å². The van der Waals surface area contributed by atoms with Gasteiger partial charge in [-0.25, -0.2) is 4.79 Å². The molecule has 4 aromatic carbocycles. The zero-order valence-electron chi connectivity index (χ0n) is 31.9. The van der Waals surface area contributed by atoms with Crippen LogP contribution in [0.3, 0.4) is 0 Å². The number of phenolic OH excluding ortho intramolecular Hbond substituents is 1. The lowest BCUT2D eigenvalue weighted by Crippen LogP contribution is -2.17. The fourth-order valence-corrected chi connectivity index (χ4v) is 4.56. The van der Waals surface area contributed by atoms with E-state index in [1.807, 2.05) is 82.3 Å². The van der Waals surface area contributed by atoms with E-state index in [0.29, 0.717) is 28.9 Å². The average molecular weight is 698 g/mol. The Balaban J connectivity index is 0.000000340. The molecule has 274 valence electrons. The molecule has 0 spiro atoms. The molecule has 1 amide bonds. The highest BCUT2D eigenvalue weighted by molar-refractivity contribution is 5.97. The van der Waals surface area contributed by atoms with Gasteiger partial charge in [-0.05, 0) is 96.2 Å². The summed E-state index contributed by atoms with van der Waals surface area (Å²) in [6, 6.07) is 25.3. The van der Waals surface area contributed by atoms with E-state index in [2.05, 4.69) is 33.0 Å². The Morgan fingerprint density at radius 2 is 0.824 bits per heavy atom. The lowest BCUT2D eigenvalue weighted by Gasteiger charge is -2.07. The van der Waals surface area contributed by atoms with E-state index in [1.165, 1.54) is 30.2 Å². The Labute approximate surface area is 303 Å². The Morgan fingerprint density at radius 3 is 1.10 bits per heavy atom. The first-order valence-corrected chi connectivity index (χ1v) is 17.1. The number of hydrogen-bond donors (Lipinski definition) is 4. The summed E-state index contributed by atoms with van der Waals surface area (Å²) < 4.78 is 0. The third-order valence-electron chi connectivity index (χ3n) is 8.04. The molecular formula is C43H55NO7. The number of rotatable bonds is 8. The maximum absolute atomic E-state index is 11.2. The van der Waals surface area contributed by atoms with E-state index < -0.39 is 5.97 Å². The molecule has 0 saturated heterocycles. The van der Waals surface area contributed by atoms with E-state index in [4.69, 9.17) is 5.11 Å². The minimum absolute atomic E-state index is 0.0321. The molecule has 4 rings (SSSR count). The molecule has 0 unspecified atom stereocenters. The maximum Gasteiger partial charge on any atom is 0.339 e. The van der Waals surface area contributed by atoms with Gasteiger partial charge in [-0.3, -0.25) is 14.4 Å². The van der Waals surface area contributed by atoms with Gasteiger partial charge in [0.15, 0.2) is 11.6 Å². The van der Waals surface area contributed by atoms with Crippen molar-refractivity contribution in [3.63, 3.8) is 0 Å². The first kappa shape index (κ1) is 43.8. The summed E-state index contributed by atoms with van der Waals surface area (Å²) >= 11 is 0. The average Bonchev–Trinajstić information content (AvgIpc) is 3.08. The van der Waals surface area contributed by atoms with E-state index >= 15 is 0 Å². The van der Waals surface area contributed by atoms with Crippen molar-refractivity contribution in [2.24, 2.45) is 0 Å². The highest BCUT2D eigenvalue weighted by atomic mass is 16.4. The van der Waals surface area contributed by atoms with Gasteiger partial charge in [-0.1, -0.05) is 104 Å². The molecule has 0 aliphatic rings. The standard InChI is InChI=1S/C11H15NO.C11H14O2.C11H14O.C10H12O3/c1-8(2)9-4-6-10(7-5-9)11(13)12-3;1-7(2)9-4-5-10(8(3)12)11(13)6-9;1-8(2)10-4-6-11(7-5-10)9(3)12;1-6(2)7-3-4-8(10(12)13)9(11)5-7/h4-8H,1-3H3,(H,12,13);4-7,13H,1-3H3;4-8H,1-3H3;3-6,11H,1-2H3,(H,12,13). The van der Waals surface area contributed by atoms with Crippen LogP contribution < -0.4 is 5.32 Å². The van der Waals surface area contributed by atoms with Crippen molar-refractivity contribution >= 4 is 23.4 Å². The number of hydrogen-bond acceptors (Lipinski definition) is 6. The Morgan fingerprint density at radius 1 is 0.490 bits per heavy atom. The molecule has 0 aliphatic heterocycles. The number of carbonyl (C=O) groups is 4. The third-order valence-corrected chi connectivity index (χ3v) is 8.04. The van der Waals surface area contributed by atoms with Gasteiger partial charge in [-0.2, -0.15) is 0 Å². The topological polar surface area (TPSA) is 141 Å². The van der Waals surface area contributed by atoms with Gasteiger partial charge < -0.3 is 20.6 Å². The number of nitrogens with one attached hydrogen (secondary N) is 1. The first-order chi connectivity index (χ1) is 23.8. The molecule has 0 bridgehead atoms. The number of ketones is 2. The highest BCUT2D eigenvalue weighted by Gasteiger charge is 2.11. The van der Waals surface area contributed by atoms with Gasteiger partial charge in [0.1, 0.15) is 17.1 Å². The van der Waals surface area contributed by atoms with Crippen molar-refractivity contribution in [1.82, 2.24) is 5.32 Å². The Bertz CT molecular complexity index is 1670. The summed E-state index contributed by atoms with van der Waals surface area (Å²) in [4.78, 5) is 43.6. The quantitative estimate of drug-likeness (QED) is 0.134. The molecule has 4 aromatic rings. The predicted molar refractivity (Wildman–Crippen MR) is 206 cm³/mol. The molecular weight excluding hydrogens is 642 g/mol. The first-order valence-electron chi connectivity index (χ1n) is 17.1. The van der Waals surface area contributed by atoms with E-state index in [9.17, 15) is 29.4 Å². The van der Waals surface area contributed by atoms with Crippen LogP contribution in [0.5, 0.6) is 11.5 Å². The minimum Gasteiger partial charge on any atom is -0.507 e. The number of amides is 1. The van der Waals surface area contributed by atoms with Gasteiger partial charge in [0.25, 0.3) is 5.91 Å². The van der Waals surface area contributed by atoms with Crippen molar-refractivity contribution in [1.29, 1.82) is 0 Å². The molecule has 8 heteroatoms. The van der Waals surface area contributed by atoms with Crippen LogP contribution in [0.2, 0.25) is 0 Å². The summed E-state index contributed by atoms with van der Waals surface area (Å²) in [7, 11) is 1.64. The second kappa shape index (κ2) is 21.1. The zero-order valence-corrected chi connectivity index (χ0v) is 31.9. The van der Waals surface area contributed by atoms with E-state index in [-0.39, 0.29) is 40.5 Å². The zero-order chi connectivity index (χ0) is 39.0. The van der Waals surface area contributed by atoms with Crippen molar-refractivity contribution < 1.29 is 34.5 Å². The summed E-state index contributed by atoms with van der Waals surface area (Å²) in [6.07, 6.45) is 0. The fourth-order valence-electron chi connectivity index (χ4n) is 4.56. The van der Waals surface area contributed by atoms with Crippen molar-refractivity contribution in [2.45, 2.75) is 92.9 Å². The molecule has 0 fully saturated rings. The minimum atomic E-state index is -1.10. The lowest BCUT2D eigenvalue weighted by molar-refractivity contribution is 0.0692. The second-order valence-electron chi connectivity index (χ2n) is 13.4. The molecule has 0 saturated carbocycles. The molecule has 0 radical (unpaired) electrons. The molecule has 0 heterocycles. The van der Waals surface area contributed by atoms with Crippen molar-refractivity contribution in [2.75, 3.05) is 7.05 Å². The second-order valence-corrected chi connectivity index (χ2v) is 13.4. The van der Waals surface area contributed by atoms with Crippen LogP contribution in [0.4, 0.5) is 0 Å². The number of carbonyl (C=O) groups excluding carboxylic acids is 3. The molecule has 4 N–H and O–H groups in total. The summed E-state index contributed by atoms with van der Waals surface area (Å²) in [5.74, 6) is 0.504. The predicted octanol–water partition coefficient (Wildman–Crippen LogP) is 10.1. The van der Waals surface area contributed by atoms with Crippen LogP contribution in [0, 0.1) is 0 Å². The van der Waals surface area contributed by atoms with Crippen LogP contribution in [0.25, 0.3) is 0 Å². The molecule has 0 aliphatic carbocycles. The van der Waals surface area contributed by atoms with Crippen LogP contribution in [-0.2, 0) is 0 Å². The largest absolute Gasteiger partial charge is 0.507 e. The smallest absolute Gasteiger partial charge is 0.339 e. The van der Waals surface area contributed by atoms with Gasteiger partial charge >= 0.3 is 5.97 Å². The lowest BCUT2D eigenvalue weighted by atomic mass is 10.00. The fraction of sp³-hybridized carbons (Fsp3) is 0.349. The number of aromatic carboxylic acids is 1. The Hall–Kier alpha value is -5.24. The highest BCUT2D eigenvalue weighted by Crippen LogP contribution is 2.25. The molecule has 0 aromatic heterocycles. The van der Waals surface area contributed by atoms with Gasteiger partial charge in [0, 0.05) is 18.2 Å². The molecule has 51 heavy (non-hydrogen) atoms. The number of phenols is 2. The Kier molecular flexibility index (Phi) is 18.1. The van der Waals surface area contributed by atoms with Crippen molar-refractivity contribution in [3.8, 4) is 11.5 Å². The van der Waals surface area contributed by atoms with Crippen LogP contribution in [0.15, 0.2) is 84.9 Å². The molecule has 0 atom stereocenters. The van der Waals surface area contributed by atoms with Crippen molar-refractivity contribution in [3.05, 3.63) is 129 Å². The normalized spacial score (nSPS) is 10.3. The van der Waals surface area contributed by atoms with E-state index in [0.717, 1.165) is 16.7 Å². The summed E-state index contributed by atoms with van der Waals surface area (Å²) in [6.45, 7) is 19.6. The number of aromatic hydroxyl groups is 2. The van der Waals surface area contributed by atoms with E-state index in [1.54, 1.807) is 32.2 Å². The summed E-state index contributed by atoms with van der Waals surface area (Å²) in [5, 5.41) is 30.0. The SMILES string of the molecule is CC(=O)c1ccc(C(C)C)cc1.CC(=O)c1ccc(C(C)C)cc1O.CC(C)c1ccc(C(=O)O)c(O)c1.CNC(=O)c1ccc(C(C)C)cc1. The number of carboxylic acids is 1. The third kappa shape index (κ3) is 14.6. The maximum atomic E-state index is 11.2. The number of Topliss-reactive ketones (excluding diaryl/α,β-unsaturated/α-hetero) is 2. The van der Waals surface area contributed by atoms with Crippen LogP contribution >= 0.6 is 0 Å². The monoisotopic (exact) mass is 697 g/mol. The van der Waals surface area contributed by atoms with Gasteiger partial charge in [0.05, 0.1) is 5.56 Å². The van der Waals surface area contributed by atoms with Crippen LogP contribution in [-0.4, -0.2) is 45.8 Å². The summed E-state index contributed by atoms with van der Waals surface area (Å²) in [5.41, 5.74) is 6.36.